The third kappa shape index (κ3) is 4.84. The number of rotatable bonds is 8. The zero-order chi connectivity index (χ0) is 19.5. The van der Waals surface area contributed by atoms with Crippen LogP contribution in [-0.2, 0) is 21.2 Å². The van der Waals surface area contributed by atoms with E-state index in [0.29, 0.717) is 19.0 Å². The minimum absolute atomic E-state index is 0.0119. The lowest BCUT2D eigenvalue weighted by atomic mass is 10.1. The molecule has 1 aliphatic heterocycles. The SMILES string of the molecule is CCCCCN(CC(=O)N1c2ccc(S(N)(=O)=O)cc2CC1C)C(C)C. The van der Waals surface area contributed by atoms with Gasteiger partial charge >= 0.3 is 0 Å². The molecular formula is C19H31N3O3S. The van der Waals surface area contributed by atoms with Crippen molar-refractivity contribution in [2.24, 2.45) is 5.14 Å². The van der Waals surface area contributed by atoms with Gasteiger partial charge in [0, 0.05) is 17.8 Å². The van der Waals surface area contributed by atoms with Crippen molar-refractivity contribution in [1.29, 1.82) is 0 Å². The van der Waals surface area contributed by atoms with E-state index in [9.17, 15) is 13.2 Å². The fourth-order valence-corrected chi connectivity index (χ4v) is 4.06. The standard InChI is InChI=1S/C19H31N3O3S/c1-5-6-7-10-21(14(2)3)13-19(23)22-15(4)11-16-12-17(26(20,24)25)8-9-18(16)22/h8-9,12,14-15H,5-7,10-11,13H2,1-4H3,(H2,20,24,25). The first-order chi connectivity index (χ1) is 12.1. The third-order valence-corrected chi connectivity index (χ3v) is 5.89. The van der Waals surface area contributed by atoms with Gasteiger partial charge in [-0.3, -0.25) is 9.69 Å². The van der Waals surface area contributed by atoms with Crippen molar-refractivity contribution in [2.45, 2.75) is 70.4 Å². The van der Waals surface area contributed by atoms with Crippen LogP contribution in [0.25, 0.3) is 0 Å². The van der Waals surface area contributed by atoms with Crippen molar-refractivity contribution < 1.29 is 13.2 Å². The second kappa shape index (κ2) is 8.50. The van der Waals surface area contributed by atoms with E-state index in [1.165, 1.54) is 6.07 Å². The first-order valence-electron chi connectivity index (χ1n) is 9.37. The summed E-state index contributed by atoms with van der Waals surface area (Å²) in [5.74, 6) is 0.0600. The van der Waals surface area contributed by atoms with E-state index in [1.807, 2.05) is 6.92 Å². The highest BCUT2D eigenvalue weighted by atomic mass is 32.2. The van der Waals surface area contributed by atoms with Gasteiger partial charge in [0.15, 0.2) is 0 Å². The van der Waals surface area contributed by atoms with Gasteiger partial charge in [-0.25, -0.2) is 13.6 Å². The predicted octanol–water partition coefficient (Wildman–Crippen LogP) is 2.51. The number of sulfonamides is 1. The van der Waals surface area contributed by atoms with Crippen LogP contribution in [0.3, 0.4) is 0 Å². The summed E-state index contributed by atoms with van der Waals surface area (Å²) in [5, 5.41) is 5.22. The fourth-order valence-electron chi connectivity index (χ4n) is 3.50. The van der Waals surface area contributed by atoms with Crippen LogP contribution in [0.4, 0.5) is 5.69 Å². The Bertz CT molecular complexity index is 746. The Labute approximate surface area is 157 Å². The van der Waals surface area contributed by atoms with Crippen LogP contribution in [-0.4, -0.2) is 44.4 Å². The molecule has 0 aliphatic carbocycles. The van der Waals surface area contributed by atoms with Crippen molar-refractivity contribution in [1.82, 2.24) is 4.90 Å². The maximum Gasteiger partial charge on any atom is 0.241 e. The fraction of sp³-hybridized carbons (Fsp3) is 0.632. The highest BCUT2D eigenvalue weighted by Crippen LogP contribution is 2.33. The van der Waals surface area contributed by atoms with Gasteiger partial charge in [0.25, 0.3) is 0 Å². The maximum absolute atomic E-state index is 13.0. The molecule has 0 spiro atoms. The number of anilines is 1. The number of hydrogen-bond donors (Lipinski definition) is 1. The second-order valence-electron chi connectivity index (χ2n) is 7.42. The normalized spacial score (nSPS) is 17.2. The molecule has 1 amide bonds. The largest absolute Gasteiger partial charge is 0.308 e. The third-order valence-electron chi connectivity index (χ3n) is 4.98. The molecule has 0 saturated carbocycles. The van der Waals surface area contributed by atoms with Crippen LogP contribution < -0.4 is 10.0 Å². The molecular weight excluding hydrogens is 350 g/mol. The number of amides is 1. The Kier molecular flexibility index (Phi) is 6.82. The van der Waals surface area contributed by atoms with Gasteiger partial charge in [-0.1, -0.05) is 19.8 Å². The minimum Gasteiger partial charge on any atom is -0.308 e. The van der Waals surface area contributed by atoms with Crippen molar-refractivity contribution in [3.63, 3.8) is 0 Å². The van der Waals surface area contributed by atoms with E-state index in [4.69, 9.17) is 5.14 Å². The van der Waals surface area contributed by atoms with Crippen LogP contribution in [0.5, 0.6) is 0 Å². The molecule has 1 atom stereocenters. The molecule has 26 heavy (non-hydrogen) atoms. The van der Waals surface area contributed by atoms with Crippen LogP contribution in [0.1, 0.15) is 52.5 Å². The van der Waals surface area contributed by atoms with Crippen molar-refractivity contribution in [3.05, 3.63) is 23.8 Å². The topological polar surface area (TPSA) is 83.7 Å². The number of unbranched alkanes of at least 4 members (excludes halogenated alkanes) is 2. The number of carbonyl (C=O) groups is 1. The van der Waals surface area contributed by atoms with E-state index in [1.54, 1.807) is 17.0 Å². The minimum atomic E-state index is -3.73. The quantitative estimate of drug-likeness (QED) is 0.701. The number of nitrogens with zero attached hydrogens (tertiary/aromatic N) is 2. The van der Waals surface area contributed by atoms with E-state index >= 15 is 0 Å². The van der Waals surface area contributed by atoms with E-state index in [2.05, 4.69) is 25.7 Å². The summed E-state index contributed by atoms with van der Waals surface area (Å²) in [7, 11) is -3.73. The summed E-state index contributed by atoms with van der Waals surface area (Å²) in [6, 6.07) is 5.09. The number of hydrogen-bond acceptors (Lipinski definition) is 4. The van der Waals surface area contributed by atoms with Crippen LogP contribution in [0, 0.1) is 0 Å². The van der Waals surface area contributed by atoms with Gasteiger partial charge < -0.3 is 4.90 Å². The molecule has 1 unspecified atom stereocenters. The van der Waals surface area contributed by atoms with Crippen LogP contribution in [0.15, 0.2) is 23.1 Å². The molecule has 0 fully saturated rings. The van der Waals surface area contributed by atoms with Gasteiger partial charge in [-0.05, 0) is 63.9 Å². The molecule has 0 bridgehead atoms. The highest BCUT2D eigenvalue weighted by Gasteiger charge is 2.32. The molecule has 0 aromatic heterocycles. The molecule has 0 saturated heterocycles. The Morgan fingerprint density at radius 1 is 1.35 bits per heavy atom. The lowest BCUT2D eigenvalue weighted by Crippen LogP contribution is -2.45. The average Bonchev–Trinajstić information content (AvgIpc) is 2.87. The van der Waals surface area contributed by atoms with E-state index in [-0.39, 0.29) is 16.8 Å². The molecule has 7 heteroatoms. The summed E-state index contributed by atoms with van der Waals surface area (Å²) in [6.07, 6.45) is 4.05. The molecule has 1 aromatic rings. The Morgan fingerprint density at radius 2 is 2.04 bits per heavy atom. The molecule has 1 aromatic carbocycles. The smallest absolute Gasteiger partial charge is 0.241 e. The van der Waals surface area contributed by atoms with Gasteiger partial charge in [-0.15, -0.1) is 0 Å². The Morgan fingerprint density at radius 3 is 2.62 bits per heavy atom. The summed E-state index contributed by atoms with van der Waals surface area (Å²) < 4.78 is 23.1. The van der Waals surface area contributed by atoms with Gasteiger partial charge in [0.05, 0.1) is 11.4 Å². The monoisotopic (exact) mass is 381 g/mol. The van der Waals surface area contributed by atoms with Gasteiger partial charge in [-0.2, -0.15) is 0 Å². The Balaban J connectivity index is 2.17. The number of nitrogens with two attached hydrogens (primary N) is 1. The van der Waals surface area contributed by atoms with Crippen molar-refractivity contribution in [3.8, 4) is 0 Å². The van der Waals surface area contributed by atoms with Gasteiger partial charge in [0.2, 0.25) is 15.9 Å². The number of fused-ring (bicyclic) bond motifs is 1. The van der Waals surface area contributed by atoms with Gasteiger partial charge in [0.1, 0.15) is 0 Å². The molecule has 2 rings (SSSR count). The molecule has 146 valence electrons. The lowest BCUT2D eigenvalue weighted by Gasteiger charge is -2.30. The zero-order valence-electron chi connectivity index (χ0n) is 16.2. The average molecular weight is 382 g/mol. The molecule has 1 heterocycles. The molecule has 6 nitrogen and oxygen atoms in total. The summed E-state index contributed by atoms with van der Waals surface area (Å²) in [4.78, 5) is 17.1. The first kappa shape index (κ1) is 20.9. The molecule has 0 radical (unpaired) electrons. The number of primary sulfonamides is 1. The van der Waals surface area contributed by atoms with Crippen molar-refractivity contribution in [2.75, 3.05) is 18.0 Å². The second-order valence-corrected chi connectivity index (χ2v) is 8.99. The summed E-state index contributed by atoms with van der Waals surface area (Å²) in [5.41, 5.74) is 1.66. The number of carbonyl (C=O) groups excluding carboxylic acids is 1. The van der Waals surface area contributed by atoms with E-state index in [0.717, 1.165) is 37.1 Å². The van der Waals surface area contributed by atoms with Crippen LogP contribution >= 0.6 is 0 Å². The first-order valence-corrected chi connectivity index (χ1v) is 10.9. The molecule has 1 aliphatic rings. The maximum atomic E-state index is 13.0. The predicted molar refractivity (Wildman–Crippen MR) is 105 cm³/mol. The zero-order valence-corrected chi connectivity index (χ0v) is 17.1. The van der Waals surface area contributed by atoms with Crippen molar-refractivity contribution >= 4 is 21.6 Å². The highest BCUT2D eigenvalue weighted by molar-refractivity contribution is 7.89. The van der Waals surface area contributed by atoms with Crippen LogP contribution in [0.2, 0.25) is 0 Å². The lowest BCUT2D eigenvalue weighted by molar-refractivity contribution is -0.120. The van der Waals surface area contributed by atoms with E-state index < -0.39 is 10.0 Å². The summed E-state index contributed by atoms with van der Waals surface area (Å²) >= 11 is 0. The Hall–Kier alpha value is -1.44. The number of benzene rings is 1. The molecule has 2 N–H and O–H groups in total. The summed E-state index contributed by atoms with van der Waals surface area (Å²) in [6.45, 7) is 9.67.